The lowest BCUT2D eigenvalue weighted by molar-refractivity contribution is -0.118. The van der Waals surface area contributed by atoms with Gasteiger partial charge < -0.3 is 10.6 Å². The first-order valence-corrected chi connectivity index (χ1v) is 8.43. The Morgan fingerprint density at radius 2 is 2.05 bits per heavy atom. The quantitative estimate of drug-likeness (QED) is 0.846. The second kappa shape index (κ2) is 8.32. The Balaban J connectivity index is 1.64. The molecule has 0 aliphatic carbocycles. The predicted molar refractivity (Wildman–Crippen MR) is 85.8 cm³/mol. The average Bonchev–Trinajstić information content (AvgIpc) is 2.52. The Hall–Kier alpha value is -1.00. The van der Waals surface area contributed by atoms with Crippen molar-refractivity contribution in [3.8, 4) is 0 Å². The molecule has 4 heteroatoms. The van der Waals surface area contributed by atoms with Gasteiger partial charge in [-0.05, 0) is 37.4 Å². The van der Waals surface area contributed by atoms with E-state index >= 15 is 0 Å². The van der Waals surface area contributed by atoms with Crippen molar-refractivity contribution in [2.75, 3.05) is 18.8 Å². The zero-order chi connectivity index (χ0) is 14.2. The Bertz CT molecular complexity index is 404. The van der Waals surface area contributed by atoms with E-state index in [9.17, 15) is 4.79 Å². The largest absolute Gasteiger partial charge is 0.351 e. The van der Waals surface area contributed by atoms with Crippen LogP contribution >= 0.6 is 11.8 Å². The van der Waals surface area contributed by atoms with E-state index in [0.29, 0.717) is 17.5 Å². The molecule has 1 aromatic carbocycles. The molecule has 1 aromatic rings. The van der Waals surface area contributed by atoms with E-state index in [1.165, 1.54) is 12.8 Å². The Morgan fingerprint density at radius 1 is 1.35 bits per heavy atom. The highest BCUT2D eigenvalue weighted by molar-refractivity contribution is 8.00. The monoisotopic (exact) mass is 292 g/mol. The molecule has 0 radical (unpaired) electrons. The van der Waals surface area contributed by atoms with Gasteiger partial charge in [0.1, 0.15) is 0 Å². The molecule has 0 saturated carbocycles. The van der Waals surface area contributed by atoms with Gasteiger partial charge in [-0.1, -0.05) is 37.3 Å². The number of benzene rings is 1. The van der Waals surface area contributed by atoms with Crippen LogP contribution in [0.25, 0.3) is 0 Å². The van der Waals surface area contributed by atoms with Crippen LogP contribution in [0.5, 0.6) is 0 Å². The highest BCUT2D eigenvalue weighted by Gasteiger charge is 2.20. The molecule has 1 atom stereocenters. The molecule has 1 unspecified atom stereocenters. The number of amides is 1. The Labute approximate surface area is 125 Å². The highest BCUT2D eigenvalue weighted by Crippen LogP contribution is 2.26. The highest BCUT2D eigenvalue weighted by atomic mass is 32.2. The first-order valence-electron chi connectivity index (χ1n) is 7.38. The molecular formula is C16H24N2OS. The lowest BCUT2D eigenvalue weighted by Gasteiger charge is -2.27. The number of hydrogen-bond donors (Lipinski definition) is 2. The number of nitrogens with one attached hydrogen (secondary N) is 2. The molecule has 1 saturated heterocycles. The van der Waals surface area contributed by atoms with Crippen molar-refractivity contribution in [1.82, 2.24) is 10.6 Å². The summed E-state index contributed by atoms with van der Waals surface area (Å²) in [6.07, 6.45) is 2.47. The third-order valence-corrected chi connectivity index (χ3v) is 5.20. The fourth-order valence-electron chi connectivity index (χ4n) is 2.50. The van der Waals surface area contributed by atoms with E-state index in [2.05, 4.69) is 17.6 Å². The molecule has 0 bridgehead atoms. The summed E-state index contributed by atoms with van der Waals surface area (Å²) in [4.78, 5) is 11.9. The molecule has 110 valence electrons. The van der Waals surface area contributed by atoms with E-state index in [1.54, 1.807) is 11.8 Å². The molecular weight excluding hydrogens is 268 g/mol. The van der Waals surface area contributed by atoms with Crippen LogP contribution in [0.3, 0.4) is 0 Å². The number of carbonyl (C=O) groups excluding carboxylic acids is 1. The third-order valence-electron chi connectivity index (χ3n) is 3.86. The van der Waals surface area contributed by atoms with Crippen molar-refractivity contribution in [2.24, 2.45) is 5.92 Å². The summed E-state index contributed by atoms with van der Waals surface area (Å²) in [5, 5.41) is 6.94. The topological polar surface area (TPSA) is 41.1 Å². The number of piperidine rings is 1. The van der Waals surface area contributed by atoms with Crippen LogP contribution in [0.1, 0.15) is 25.3 Å². The van der Waals surface area contributed by atoms with Crippen molar-refractivity contribution < 1.29 is 4.79 Å². The number of carbonyl (C=O) groups is 1. The van der Waals surface area contributed by atoms with Crippen LogP contribution in [0, 0.1) is 5.92 Å². The van der Waals surface area contributed by atoms with Gasteiger partial charge in [-0.3, -0.25) is 4.79 Å². The van der Waals surface area contributed by atoms with Gasteiger partial charge in [0.25, 0.3) is 0 Å². The van der Waals surface area contributed by atoms with E-state index < -0.39 is 0 Å². The first kappa shape index (κ1) is 15.4. The first-order chi connectivity index (χ1) is 9.75. The molecule has 1 heterocycles. The minimum Gasteiger partial charge on any atom is -0.351 e. The maximum atomic E-state index is 11.9. The van der Waals surface area contributed by atoms with Crippen LogP contribution in [0.2, 0.25) is 0 Å². The van der Waals surface area contributed by atoms with Gasteiger partial charge in [-0.25, -0.2) is 0 Å². The van der Waals surface area contributed by atoms with Crippen LogP contribution < -0.4 is 10.6 Å². The van der Waals surface area contributed by atoms with Crippen LogP contribution in [-0.4, -0.2) is 30.0 Å². The van der Waals surface area contributed by atoms with Crippen molar-refractivity contribution in [3.63, 3.8) is 0 Å². The van der Waals surface area contributed by atoms with Gasteiger partial charge in [-0.2, -0.15) is 0 Å². The van der Waals surface area contributed by atoms with E-state index in [4.69, 9.17) is 0 Å². The summed E-state index contributed by atoms with van der Waals surface area (Å²) in [5.41, 5.74) is 1.15. The van der Waals surface area contributed by atoms with Crippen molar-refractivity contribution in [2.45, 2.75) is 31.6 Å². The fourth-order valence-corrected chi connectivity index (χ4v) is 3.57. The third kappa shape index (κ3) is 5.17. The standard InChI is InChI=1S/C16H24N2OS/c1-13(15-7-9-17-10-8-15)20-12-16(19)18-11-14-5-3-2-4-6-14/h2-6,13,15,17H,7-12H2,1H3,(H,18,19). The Morgan fingerprint density at radius 3 is 2.75 bits per heavy atom. The molecule has 20 heavy (non-hydrogen) atoms. The minimum absolute atomic E-state index is 0.139. The fraction of sp³-hybridized carbons (Fsp3) is 0.562. The van der Waals surface area contributed by atoms with Crippen LogP contribution in [0.4, 0.5) is 0 Å². The summed E-state index contributed by atoms with van der Waals surface area (Å²) in [5.74, 6) is 1.46. The number of rotatable bonds is 6. The second-order valence-corrected chi connectivity index (χ2v) is 6.73. The molecule has 1 amide bonds. The summed E-state index contributed by atoms with van der Waals surface area (Å²) in [6.45, 7) is 5.12. The summed E-state index contributed by atoms with van der Waals surface area (Å²) < 4.78 is 0. The van der Waals surface area contributed by atoms with Crippen LogP contribution in [0.15, 0.2) is 30.3 Å². The molecule has 2 rings (SSSR count). The maximum absolute atomic E-state index is 11.9. The zero-order valence-corrected chi connectivity index (χ0v) is 12.9. The average molecular weight is 292 g/mol. The van der Waals surface area contributed by atoms with Gasteiger partial charge >= 0.3 is 0 Å². The molecule has 1 fully saturated rings. The van der Waals surface area contributed by atoms with Crippen molar-refractivity contribution in [1.29, 1.82) is 0 Å². The van der Waals surface area contributed by atoms with E-state index in [0.717, 1.165) is 24.6 Å². The Kier molecular flexibility index (Phi) is 6.40. The molecule has 2 N–H and O–H groups in total. The number of thioether (sulfide) groups is 1. The molecule has 0 aromatic heterocycles. The van der Waals surface area contributed by atoms with E-state index in [-0.39, 0.29) is 5.91 Å². The predicted octanol–water partition coefficient (Wildman–Crippen LogP) is 2.42. The maximum Gasteiger partial charge on any atom is 0.230 e. The van der Waals surface area contributed by atoms with E-state index in [1.807, 2.05) is 30.3 Å². The van der Waals surface area contributed by atoms with Crippen LogP contribution in [-0.2, 0) is 11.3 Å². The molecule has 0 spiro atoms. The van der Waals surface area contributed by atoms with Crippen molar-refractivity contribution in [3.05, 3.63) is 35.9 Å². The van der Waals surface area contributed by atoms with Gasteiger partial charge in [0, 0.05) is 11.8 Å². The summed E-state index contributed by atoms with van der Waals surface area (Å²) in [6, 6.07) is 10.0. The smallest absolute Gasteiger partial charge is 0.230 e. The lowest BCUT2D eigenvalue weighted by Crippen LogP contribution is -2.33. The van der Waals surface area contributed by atoms with Gasteiger partial charge in [0.05, 0.1) is 5.75 Å². The van der Waals surface area contributed by atoms with Gasteiger partial charge in [0.2, 0.25) is 5.91 Å². The van der Waals surface area contributed by atoms with Gasteiger partial charge in [0.15, 0.2) is 0 Å². The number of hydrogen-bond acceptors (Lipinski definition) is 3. The molecule has 1 aliphatic heterocycles. The molecule has 3 nitrogen and oxygen atoms in total. The minimum atomic E-state index is 0.139. The second-order valence-electron chi connectivity index (χ2n) is 5.37. The summed E-state index contributed by atoms with van der Waals surface area (Å²) in [7, 11) is 0. The SMILES string of the molecule is CC(SCC(=O)NCc1ccccc1)C1CCNCC1. The van der Waals surface area contributed by atoms with Gasteiger partial charge in [-0.15, -0.1) is 11.8 Å². The normalized spacial score (nSPS) is 17.6. The lowest BCUT2D eigenvalue weighted by atomic mass is 9.95. The molecule has 1 aliphatic rings. The van der Waals surface area contributed by atoms with Crippen molar-refractivity contribution >= 4 is 17.7 Å². The zero-order valence-electron chi connectivity index (χ0n) is 12.1. The summed E-state index contributed by atoms with van der Waals surface area (Å²) >= 11 is 1.79.